The topological polar surface area (TPSA) is 50.8 Å². The maximum atomic E-state index is 12.2. The SMILES string of the molecule is CCOCCOC1CCN(C(=O)NCc2ccc(C)cc2)CC1. The minimum absolute atomic E-state index is 0.0124. The van der Waals surface area contributed by atoms with Crippen molar-refractivity contribution >= 4 is 6.03 Å². The number of urea groups is 1. The molecule has 0 aliphatic carbocycles. The highest BCUT2D eigenvalue weighted by molar-refractivity contribution is 5.74. The summed E-state index contributed by atoms with van der Waals surface area (Å²) in [5.74, 6) is 0. The monoisotopic (exact) mass is 320 g/mol. The molecule has 0 atom stereocenters. The van der Waals surface area contributed by atoms with Gasteiger partial charge in [0.05, 0.1) is 19.3 Å². The summed E-state index contributed by atoms with van der Waals surface area (Å²) in [6, 6.07) is 8.24. The molecular formula is C18H28N2O3. The third kappa shape index (κ3) is 6.20. The quantitative estimate of drug-likeness (QED) is 0.786. The van der Waals surface area contributed by atoms with Crippen LogP contribution in [0.5, 0.6) is 0 Å². The Hall–Kier alpha value is -1.59. The number of carbonyl (C=O) groups is 1. The summed E-state index contributed by atoms with van der Waals surface area (Å²) in [4.78, 5) is 14.1. The van der Waals surface area contributed by atoms with E-state index in [0.29, 0.717) is 19.8 Å². The van der Waals surface area contributed by atoms with Crippen LogP contribution >= 0.6 is 0 Å². The lowest BCUT2D eigenvalue weighted by molar-refractivity contribution is -0.0158. The Morgan fingerprint density at radius 3 is 2.57 bits per heavy atom. The molecule has 1 aromatic carbocycles. The molecule has 1 N–H and O–H groups in total. The lowest BCUT2D eigenvalue weighted by Gasteiger charge is -2.32. The molecule has 0 saturated carbocycles. The van der Waals surface area contributed by atoms with Crippen LogP contribution < -0.4 is 5.32 Å². The average molecular weight is 320 g/mol. The number of nitrogens with zero attached hydrogens (tertiary/aromatic N) is 1. The summed E-state index contributed by atoms with van der Waals surface area (Å²) in [6.45, 7) is 8.12. The number of nitrogens with one attached hydrogen (secondary N) is 1. The van der Waals surface area contributed by atoms with Gasteiger partial charge < -0.3 is 19.7 Å². The molecule has 1 heterocycles. The van der Waals surface area contributed by atoms with Gasteiger partial charge in [0, 0.05) is 26.2 Å². The first-order valence-electron chi connectivity index (χ1n) is 8.46. The third-order valence-electron chi connectivity index (χ3n) is 4.08. The highest BCUT2D eigenvalue weighted by Crippen LogP contribution is 2.14. The second kappa shape index (κ2) is 9.53. The number of rotatable bonds is 7. The predicted octanol–water partition coefficient (Wildman–Crippen LogP) is 2.72. The molecule has 0 bridgehead atoms. The molecule has 1 fully saturated rings. The minimum Gasteiger partial charge on any atom is -0.379 e. The van der Waals surface area contributed by atoms with E-state index in [-0.39, 0.29) is 12.1 Å². The van der Waals surface area contributed by atoms with Crippen LogP contribution in [-0.2, 0) is 16.0 Å². The molecule has 0 unspecified atom stereocenters. The molecule has 1 aromatic rings. The maximum Gasteiger partial charge on any atom is 0.317 e. The van der Waals surface area contributed by atoms with Gasteiger partial charge in [0.25, 0.3) is 0 Å². The van der Waals surface area contributed by atoms with Gasteiger partial charge in [-0.2, -0.15) is 0 Å². The fraction of sp³-hybridized carbons (Fsp3) is 0.611. The van der Waals surface area contributed by atoms with Crippen molar-refractivity contribution < 1.29 is 14.3 Å². The lowest BCUT2D eigenvalue weighted by atomic mass is 10.1. The first-order chi connectivity index (χ1) is 11.2. The van der Waals surface area contributed by atoms with Crippen LogP contribution in [-0.4, -0.2) is 49.9 Å². The number of piperidine rings is 1. The van der Waals surface area contributed by atoms with Crippen molar-refractivity contribution in [1.82, 2.24) is 10.2 Å². The molecule has 128 valence electrons. The Bertz CT molecular complexity index is 468. The molecule has 2 rings (SSSR count). The second-order valence-electron chi connectivity index (χ2n) is 5.90. The first-order valence-corrected chi connectivity index (χ1v) is 8.46. The number of amides is 2. The van der Waals surface area contributed by atoms with Crippen molar-refractivity contribution in [2.24, 2.45) is 0 Å². The third-order valence-corrected chi connectivity index (χ3v) is 4.08. The summed E-state index contributed by atoms with van der Waals surface area (Å²) in [5.41, 5.74) is 2.35. The highest BCUT2D eigenvalue weighted by Gasteiger charge is 2.22. The van der Waals surface area contributed by atoms with Crippen molar-refractivity contribution in [1.29, 1.82) is 0 Å². The van der Waals surface area contributed by atoms with Crippen LogP contribution in [0.1, 0.15) is 30.9 Å². The van der Waals surface area contributed by atoms with Crippen LogP contribution in [0.4, 0.5) is 4.79 Å². The number of benzene rings is 1. The molecule has 0 aromatic heterocycles. The zero-order valence-electron chi connectivity index (χ0n) is 14.2. The van der Waals surface area contributed by atoms with Crippen LogP contribution in [0.25, 0.3) is 0 Å². The van der Waals surface area contributed by atoms with E-state index in [4.69, 9.17) is 9.47 Å². The van der Waals surface area contributed by atoms with Crippen molar-refractivity contribution in [3.63, 3.8) is 0 Å². The average Bonchev–Trinajstić information content (AvgIpc) is 2.58. The van der Waals surface area contributed by atoms with Gasteiger partial charge in [-0.1, -0.05) is 29.8 Å². The van der Waals surface area contributed by atoms with Gasteiger partial charge in [-0.15, -0.1) is 0 Å². The number of carbonyl (C=O) groups excluding carboxylic acids is 1. The van der Waals surface area contributed by atoms with E-state index in [1.807, 2.05) is 24.0 Å². The Balaban J connectivity index is 1.64. The van der Waals surface area contributed by atoms with Gasteiger partial charge >= 0.3 is 6.03 Å². The van der Waals surface area contributed by atoms with E-state index in [1.54, 1.807) is 0 Å². The van der Waals surface area contributed by atoms with Gasteiger partial charge in [0.2, 0.25) is 0 Å². The molecule has 0 radical (unpaired) electrons. The Morgan fingerprint density at radius 1 is 1.22 bits per heavy atom. The molecule has 1 aliphatic rings. The van der Waals surface area contributed by atoms with Gasteiger partial charge in [-0.05, 0) is 32.3 Å². The summed E-state index contributed by atoms with van der Waals surface area (Å²) in [5, 5.41) is 2.99. The molecule has 2 amide bonds. The van der Waals surface area contributed by atoms with Gasteiger partial charge in [-0.3, -0.25) is 0 Å². The van der Waals surface area contributed by atoms with Crippen LogP contribution in [0.15, 0.2) is 24.3 Å². The molecule has 1 aliphatic heterocycles. The van der Waals surface area contributed by atoms with Gasteiger partial charge in [0.1, 0.15) is 0 Å². The second-order valence-corrected chi connectivity index (χ2v) is 5.90. The lowest BCUT2D eigenvalue weighted by Crippen LogP contribution is -2.45. The Kier molecular flexibility index (Phi) is 7.36. The van der Waals surface area contributed by atoms with Crippen LogP contribution in [0.2, 0.25) is 0 Å². The summed E-state index contributed by atoms with van der Waals surface area (Å²) < 4.78 is 11.0. The van der Waals surface area contributed by atoms with Gasteiger partial charge in [0.15, 0.2) is 0 Å². The molecule has 23 heavy (non-hydrogen) atoms. The summed E-state index contributed by atoms with van der Waals surface area (Å²) in [7, 11) is 0. The van der Waals surface area contributed by atoms with E-state index in [0.717, 1.165) is 38.1 Å². The van der Waals surface area contributed by atoms with E-state index >= 15 is 0 Å². The van der Waals surface area contributed by atoms with E-state index < -0.39 is 0 Å². The molecule has 0 spiro atoms. The van der Waals surface area contributed by atoms with Gasteiger partial charge in [-0.25, -0.2) is 4.79 Å². The van der Waals surface area contributed by atoms with Crippen molar-refractivity contribution in [3.8, 4) is 0 Å². The molecular weight excluding hydrogens is 292 g/mol. The molecule has 1 saturated heterocycles. The van der Waals surface area contributed by atoms with Crippen molar-refractivity contribution in [3.05, 3.63) is 35.4 Å². The van der Waals surface area contributed by atoms with E-state index in [1.165, 1.54) is 5.56 Å². The van der Waals surface area contributed by atoms with Crippen LogP contribution in [0, 0.1) is 6.92 Å². The molecule has 5 heteroatoms. The Labute approximate surface area is 139 Å². The zero-order valence-corrected chi connectivity index (χ0v) is 14.2. The highest BCUT2D eigenvalue weighted by atomic mass is 16.5. The number of hydrogen-bond acceptors (Lipinski definition) is 3. The van der Waals surface area contributed by atoms with Crippen LogP contribution in [0.3, 0.4) is 0 Å². The first kappa shape index (κ1) is 17.8. The number of likely N-dealkylation sites (tertiary alicyclic amines) is 1. The molecule has 5 nitrogen and oxygen atoms in total. The normalized spacial score (nSPS) is 15.7. The number of hydrogen-bond donors (Lipinski definition) is 1. The fourth-order valence-electron chi connectivity index (χ4n) is 2.64. The summed E-state index contributed by atoms with van der Waals surface area (Å²) >= 11 is 0. The largest absolute Gasteiger partial charge is 0.379 e. The fourth-order valence-corrected chi connectivity index (χ4v) is 2.64. The zero-order chi connectivity index (χ0) is 16.5. The predicted molar refractivity (Wildman–Crippen MR) is 90.5 cm³/mol. The minimum atomic E-state index is 0.0124. The van der Waals surface area contributed by atoms with E-state index in [2.05, 4.69) is 24.4 Å². The number of ether oxygens (including phenoxy) is 2. The Morgan fingerprint density at radius 2 is 1.91 bits per heavy atom. The van der Waals surface area contributed by atoms with E-state index in [9.17, 15) is 4.79 Å². The maximum absolute atomic E-state index is 12.2. The van der Waals surface area contributed by atoms with Crippen molar-refractivity contribution in [2.45, 2.75) is 39.3 Å². The van der Waals surface area contributed by atoms with Crippen molar-refractivity contribution in [2.75, 3.05) is 32.9 Å². The standard InChI is InChI=1S/C18H28N2O3/c1-3-22-12-13-23-17-8-10-20(11-9-17)18(21)19-14-16-6-4-15(2)5-7-16/h4-7,17H,3,8-14H2,1-2H3,(H,19,21). The number of aryl methyl sites for hydroxylation is 1. The smallest absolute Gasteiger partial charge is 0.317 e. The summed E-state index contributed by atoms with van der Waals surface area (Å²) in [6.07, 6.45) is 2.03.